The molecule has 4 heterocycles. The maximum absolute atomic E-state index is 12.9. The number of nitrogens with zero attached hydrogens (tertiary/aromatic N) is 6. The number of aromatic nitrogens is 4. The van der Waals surface area contributed by atoms with Gasteiger partial charge in [0, 0.05) is 50.6 Å². The number of halogens is 9. The van der Waals surface area contributed by atoms with E-state index in [0.717, 1.165) is 61.7 Å². The van der Waals surface area contributed by atoms with Crippen LogP contribution in [0, 0.1) is 0 Å². The summed E-state index contributed by atoms with van der Waals surface area (Å²) in [5, 5.41) is 25.7. The Morgan fingerprint density at radius 2 is 1.18 bits per heavy atom. The van der Waals surface area contributed by atoms with Crippen molar-refractivity contribution >= 4 is 23.8 Å². The molecule has 1 aromatic carbocycles. The number of alkyl halides is 9. The van der Waals surface area contributed by atoms with Crippen LogP contribution in [-0.2, 0) is 33.5 Å². The Kier molecular flexibility index (Phi) is 13.2. The molecule has 1 fully saturated rings. The summed E-state index contributed by atoms with van der Waals surface area (Å²) in [7, 11) is 4.13. The van der Waals surface area contributed by atoms with Crippen molar-refractivity contribution < 1.29 is 74.0 Å². The number of amides is 1. The topological polar surface area (TPSA) is 171 Å². The molecule has 50 heavy (non-hydrogen) atoms. The third kappa shape index (κ3) is 10.7. The molecule has 0 radical (unpaired) electrons. The van der Waals surface area contributed by atoms with E-state index in [4.69, 9.17) is 34.7 Å². The average molecular weight is 733 g/mol. The van der Waals surface area contributed by atoms with E-state index in [-0.39, 0.29) is 11.4 Å². The number of benzene rings is 1. The van der Waals surface area contributed by atoms with Gasteiger partial charge in [0.25, 0.3) is 5.91 Å². The minimum Gasteiger partial charge on any atom is -0.475 e. The molecule has 0 atom stereocenters. The van der Waals surface area contributed by atoms with E-state index in [1.807, 2.05) is 65.6 Å². The van der Waals surface area contributed by atoms with Crippen molar-refractivity contribution in [1.29, 1.82) is 0 Å². The fraction of sp³-hybridized carbons (Fsp3) is 0.429. The Morgan fingerprint density at radius 1 is 0.720 bits per heavy atom. The number of carboxylic acids is 3. The second-order valence-corrected chi connectivity index (χ2v) is 10.5. The van der Waals surface area contributed by atoms with Gasteiger partial charge in [-0.25, -0.2) is 19.4 Å². The summed E-state index contributed by atoms with van der Waals surface area (Å²) in [6.07, 6.45) is -7.54. The average Bonchev–Trinajstić information content (AvgIpc) is 3.65. The van der Waals surface area contributed by atoms with Gasteiger partial charge in [0.05, 0.1) is 23.6 Å². The molecular formula is C28H29F9N6O7. The smallest absolute Gasteiger partial charge is 0.475 e. The molecule has 3 aromatic rings. The lowest BCUT2D eigenvalue weighted by Gasteiger charge is -2.49. The van der Waals surface area contributed by atoms with Gasteiger partial charge in [-0.1, -0.05) is 18.2 Å². The number of imidazole rings is 1. The minimum atomic E-state index is -5.08. The van der Waals surface area contributed by atoms with Gasteiger partial charge in [-0.2, -0.15) is 44.6 Å². The van der Waals surface area contributed by atoms with Crippen molar-refractivity contribution in [1.82, 2.24) is 29.1 Å². The number of carbonyl (C=O) groups excluding carboxylic acids is 1. The Labute approximate surface area is 276 Å². The Bertz CT molecular complexity index is 1570. The van der Waals surface area contributed by atoms with E-state index in [2.05, 4.69) is 21.6 Å². The number of aliphatic carboxylic acids is 3. The molecular weight excluding hydrogens is 703 g/mol. The van der Waals surface area contributed by atoms with Crippen molar-refractivity contribution in [2.24, 2.45) is 7.05 Å². The van der Waals surface area contributed by atoms with Gasteiger partial charge in [-0.3, -0.25) is 14.4 Å². The van der Waals surface area contributed by atoms with Crippen LogP contribution in [0.4, 0.5) is 39.5 Å². The zero-order valence-electron chi connectivity index (χ0n) is 25.9. The highest BCUT2D eigenvalue weighted by atomic mass is 19.4. The van der Waals surface area contributed by atoms with Crippen molar-refractivity contribution in [2.45, 2.75) is 43.5 Å². The van der Waals surface area contributed by atoms with Gasteiger partial charge in [-0.05, 0) is 32.0 Å². The molecule has 276 valence electrons. The van der Waals surface area contributed by atoms with Crippen LogP contribution in [0.15, 0.2) is 48.9 Å². The first-order valence-corrected chi connectivity index (χ1v) is 13.9. The molecule has 13 nitrogen and oxygen atoms in total. The maximum atomic E-state index is 12.9. The summed E-state index contributed by atoms with van der Waals surface area (Å²) in [6.45, 7) is 3.38. The maximum Gasteiger partial charge on any atom is 0.490 e. The minimum absolute atomic E-state index is 0.119. The normalized spacial score (nSPS) is 15.6. The molecule has 2 aromatic heterocycles. The van der Waals surface area contributed by atoms with Crippen LogP contribution < -0.4 is 0 Å². The van der Waals surface area contributed by atoms with E-state index in [9.17, 15) is 44.3 Å². The number of likely N-dealkylation sites (N-methyl/N-ethyl adjacent to an activating group) is 1. The molecule has 0 bridgehead atoms. The highest BCUT2D eigenvalue weighted by Crippen LogP contribution is 2.41. The molecule has 0 aliphatic carbocycles. The lowest BCUT2D eigenvalue weighted by Crippen LogP contribution is -2.57. The van der Waals surface area contributed by atoms with Crippen LogP contribution in [0.25, 0.3) is 11.3 Å². The van der Waals surface area contributed by atoms with Crippen LogP contribution in [0.2, 0.25) is 0 Å². The number of hydrogen-bond acceptors (Lipinski definition) is 7. The summed E-state index contributed by atoms with van der Waals surface area (Å²) in [5.41, 5.74) is 2.87. The van der Waals surface area contributed by atoms with Crippen molar-refractivity contribution in [3.05, 3.63) is 60.3 Å². The molecule has 22 heteroatoms. The molecule has 1 amide bonds. The van der Waals surface area contributed by atoms with E-state index < -0.39 is 36.4 Å². The highest BCUT2D eigenvalue weighted by Gasteiger charge is 2.46. The van der Waals surface area contributed by atoms with Crippen LogP contribution in [0.3, 0.4) is 0 Å². The number of fused-ring (bicyclic) bond motifs is 2. The van der Waals surface area contributed by atoms with Crippen molar-refractivity contribution in [3.8, 4) is 11.3 Å². The van der Waals surface area contributed by atoms with Gasteiger partial charge >= 0.3 is 36.4 Å². The predicted molar refractivity (Wildman–Crippen MR) is 151 cm³/mol. The third-order valence-electron chi connectivity index (χ3n) is 7.29. The molecule has 0 unspecified atom stereocenters. The summed E-state index contributed by atoms with van der Waals surface area (Å²) >= 11 is 0. The van der Waals surface area contributed by atoms with Gasteiger partial charge in [0.1, 0.15) is 5.82 Å². The molecule has 5 rings (SSSR count). The zero-order chi connectivity index (χ0) is 38.2. The summed E-state index contributed by atoms with van der Waals surface area (Å²) < 4.78 is 99.4. The molecule has 1 saturated heterocycles. The lowest BCUT2D eigenvalue weighted by atomic mass is 9.83. The Morgan fingerprint density at radius 3 is 1.58 bits per heavy atom. The fourth-order valence-corrected chi connectivity index (χ4v) is 4.84. The largest absolute Gasteiger partial charge is 0.490 e. The van der Waals surface area contributed by atoms with Gasteiger partial charge in [0.15, 0.2) is 0 Å². The molecule has 2 aliphatic rings. The fourth-order valence-electron chi connectivity index (χ4n) is 4.84. The molecule has 0 saturated carbocycles. The summed E-state index contributed by atoms with van der Waals surface area (Å²) in [5.74, 6) is -7.03. The Balaban J connectivity index is 0.000000338. The van der Waals surface area contributed by atoms with Crippen LogP contribution in [0.1, 0.15) is 29.0 Å². The van der Waals surface area contributed by atoms with Crippen molar-refractivity contribution in [3.63, 3.8) is 0 Å². The zero-order valence-corrected chi connectivity index (χ0v) is 25.9. The van der Waals surface area contributed by atoms with Gasteiger partial charge < -0.3 is 24.8 Å². The van der Waals surface area contributed by atoms with Crippen LogP contribution >= 0.6 is 0 Å². The first kappa shape index (κ1) is 41.0. The second kappa shape index (κ2) is 16.0. The van der Waals surface area contributed by atoms with E-state index in [1.54, 1.807) is 0 Å². The van der Waals surface area contributed by atoms with Gasteiger partial charge in [-0.15, -0.1) is 0 Å². The highest BCUT2D eigenvalue weighted by molar-refractivity contribution is 5.94. The number of hydrogen-bond donors (Lipinski definition) is 3. The number of likely N-dealkylation sites (tertiary alicyclic amines) is 1. The number of piperidine rings is 1. The van der Waals surface area contributed by atoms with Crippen LogP contribution in [-0.4, -0.2) is 113 Å². The summed E-state index contributed by atoms with van der Waals surface area (Å²) in [4.78, 5) is 48.9. The molecule has 1 spiro atoms. The van der Waals surface area contributed by atoms with E-state index >= 15 is 0 Å². The quantitative estimate of drug-likeness (QED) is 0.324. The number of carbonyl (C=O) groups is 4. The lowest BCUT2D eigenvalue weighted by molar-refractivity contribution is -0.193. The number of rotatable bonds is 2. The second-order valence-electron chi connectivity index (χ2n) is 10.5. The molecule has 2 aliphatic heterocycles. The molecule has 3 N–H and O–H groups in total. The SMILES string of the molecule is CN1CCn2c(-c3cnn(C)c3)cnc2C12CCN(C(=O)c1ccccc1)CC2.O=C(O)C(F)(F)F.O=C(O)C(F)(F)F.O=C(O)C(F)(F)F. The first-order valence-electron chi connectivity index (χ1n) is 13.9. The number of carboxylic acid groups (broad SMARTS) is 3. The van der Waals surface area contributed by atoms with Crippen molar-refractivity contribution in [2.75, 3.05) is 26.7 Å². The van der Waals surface area contributed by atoms with Crippen LogP contribution in [0.5, 0.6) is 0 Å². The first-order chi connectivity index (χ1) is 22.9. The standard InChI is InChI=1S/C22H26N6O.3C2HF3O2/c1-25-12-13-28-19(18-14-24-26(2)16-18)15-23-21(28)22(25)8-10-27(11-9-22)20(29)17-6-4-3-5-7-17;3*3-2(4,5)1(6)7/h3-7,14-16H,8-13H2,1-2H3;3*(H,6,7). The Hall–Kier alpha value is -5.15. The third-order valence-corrected chi connectivity index (χ3v) is 7.29. The number of aryl methyl sites for hydroxylation is 1. The van der Waals surface area contributed by atoms with Gasteiger partial charge in [0.2, 0.25) is 0 Å². The predicted octanol–water partition coefficient (Wildman–Crippen LogP) is 4.26. The van der Waals surface area contributed by atoms with E-state index in [1.165, 1.54) is 0 Å². The van der Waals surface area contributed by atoms with E-state index in [0.29, 0.717) is 0 Å². The summed E-state index contributed by atoms with van der Waals surface area (Å²) in [6, 6.07) is 9.58. The monoisotopic (exact) mass is 732 g/mol.